The van der Waals surface area contributed by atoms with Gasteiger partial charge in [-0.3, -0.25) is 9.59 Å². The normalized spacial score (nSPS) is 10.9. The molecule has 0 rings (SSSR count). The van der Waals surface area contributed by atoms with E-state index in [-0.39, 0.29) is 24.0 Å². The average molecular weight is 213 g/mol. The zero-order valence-electron chi connectivity index (χ0n) is 10.5. The van der Waals surface area contributed by atoms with Crippen molar-refractivity contribution in [3.63, 3.8) is 0 Å². The van der Waals surface area contributed by atoms with E-state index in [4.69, 9.17) is 0 Å². The molecule has 0 unspecified atom stereocenters. The van der Waals surface area contributed by atoms with Crippen LogP contribution in [0.3, 0.4) is 0 Å². The van der Waals surface area contributed by atoms with E-state index in [0.717, 1.165) is 13.0 Å². The minimum atomic E-state index is -0.0608. The van der Waals surface area contributed by atoms with Crippen LogP contribution in [0, 0.1) is 11.8 Å². The lowest BCUT2D eigenvalue weighted by Crippen LogP contribution is -2.31. The first-order chi connectivity index (χ1) is 6.84. The Hall–Kier alpha value is -0.860. The maximum Gasteiger partial charge on any atom is 0.229 e. The first-order valence-electron chi connectivity index (χ1n) is 5.61. The van der Waals surface area contributed by atoms with Crippen molar-refractivity contribution in [1.82, 2.24) is 4.90 Å². The van der Waals surface area contributed by atoms with Crippen LogP contribution in [0.1, 0.15) is 40.5 Å². The predicted molar refractivity (Wildman–Crippen MR) is 61.6 cm³/mol. The number of amides is 1. The van der Waals surface area contributed by atoms with E-state index in [1.165, 1.54) is 0 Å². The van der Waals surface area contributed by atoms with Crippen molar-refractivity contribution >= 4 is 11.7 Å². The van der Waals surface area contributed by atoms with Gasteiger partial charge in [0.25, 0.3) is 0 Å². The van der Waals surface area contributed by atoms with Gasteiger partial charge in [0.1, 0.15) is 5.78 Å². The highest BCUT2D eigenvalue weighted by Gasteiger charge is 2.16. The SMILES string of the molecule is CC(C)CCN(C)C(=O)CC(=O)C(C)C. The van der Waals surface area contributed by atoms with Crippen LogP contribution in [0.25, 0.3) is 0 Å². The molecule has 0 fully saturated rings. The molecular weight excluding hydrogens is 190 g/mol. The molecule has 0 saturated carbocycles. The molecule has 0 aromatic rings. The standard InChI is InChI=1S/C12H23NO2/c1-9(2)6-7-13(5)12(15)8-11(14)10(3)4/h9-10H,6-8H2,1-5H3. The minimum Gasteiger partial charge on any atom is -0.345 e. The third-order valence-electron chi connectivity index (χ3n) is 2.44. The molecule has 88 valence electrons. The summed E-state index contributed by atoms with van der Waals surface area (Å²) in [7, 11) is 1.76. The first kappa shape index (κ1) is 14.1. The largest absolute Gasteiger partial charge is 0.345 e. The van der Waals surface area contributed by atoms with Gasteiger partial charge in [0.15, 0.2) is 0 Å². The quantitative estimate of drug-likeness (QED) is 0.634. The fourth-order valence-electron chi connectivity index (χ4n) is 1.06. The summed E-state index contributed by atoms with van der Waals surface area (Å²) in [4.78, 5) is 24.6. The number of carbonyl (C=O) groups is 2. The molecule has 3 nitrogen and oxygen atoms in total. The van der Waals surface area contributed by atoms with E-state index in [2.05, 4.69) is 13.8 Å². The lowest BCUT2D eigenvalue weighted by Gasteiger charge is -2.18. The lowest BCUT2D eigenvalue weighted by atomic mass is 10.1. The summed E-state index contributed by atoms with van der Waals surface area (Å²) in [5, 5.41) is 0. The van der Waals surface area contributed by atoms with Crippen molar-refractivity contribution in [2.75, 3.05) is 13.6 Å². The molecule has 1 amide bonds. The van der Waals surface area contributed by atoms with E-state index in [0.29, 0.717) is 5.92 Å². The average Bonchev–Trinajstić information content (AvgIpc) is 2.13. The predicted octanol–water partition coefficient (Wildman–Crippen LogP) is 2.11. The molecule has 0 N–H and O–H groups in total. The zero-order valence-corrected chi connectivity index (χ0v) is 10.5. The zero-order chi connectivity index (χ0) is 12.0. The first-order valence-corrected chi connectivity index (χ1v) is 5.61. The Morgan fingerprint density at radius 3 is 2.07 bits per heavy atom. The summed E-state index contributed by atoms with van der Waals surface area (Å²) in [6, 6.07) is 0. The molecule has 0 aromatic carbocycles. The fraction of sp³-hybridized carbons (Fsp3) is 0.833. The molecule has 0 aliphatic carbocycles. The highest BCUT2D eigenvalue weighted by molar-refractivity contribution is 5.98. The Kier molecular flexibility index (Phi) is 6.21. The van der Waals surface area contributed by atoms with Gasteiger partial charge in [-0.1, -0.05) is 27.7 Å². The van der Waals surface area contributed by atoms with Crippen LogP contribution in [0.4, 0.5) is 0 Å². The summed E-state index contributed by atoms with van der Waals surface area (Å²) >= 11 is 0. The van der Waals surface area contributed by atoms with Gasteiger partial charge in [-0.05, 0) is 12.3 Å². The highest BCUT2D eigenvalue weighted by Crippen LogP contribution is 2.04. The lowest BCUT2D eigenvalue weighted by molar-refractivity contribution is -0.135. The van der Waals surface area contributed by atoms with E-state index in [1.54, 1.807) is 11.9 Å². The summed E-state index contributed by atoms with van der Waals surface area (Å²) in [6.07, 6.45) is 1.03. The van der Waals surface area contributed by atoms with Crippen LogP contribution in [0.15, 0.2) is 0 Å². The van der Waals surface area contributed by atoms with Crippen LogP contribution < -0.4 is 0 Å². The second-order valence-electron chi connectivity index (χ2n) is 4.80. The van der Waals surface area contributed by atoms with Gasteiger partial charge in [0.05, 0.1) is 6.42 Å². The van der Waals surface area contributed by atoms with Crippen molar-refractivity contribution in [3.05, 3.63) is 0 Å². The van der Waals surface area contributed by atoms with Crippen molar-refractivity contribution in [3.8, 4) is 0 Å². The van der Waals surface area contributed by atoms with Gasteiger partial charge in [-0.25, -0.2) is 0 Å². The molecule has 0 heterocycles. The van der Waals surface area contributed by atoms with Gasteiger partial charge >= 0.3 is 0 Å². The molecule has 0 radical (unpaired) electrons. The van der Waals surface area contributed by atoms with Crippen molar-refractivity contribution in [1.29, 1.82) is 0 Å². The Morgan fingerprint density at radius 1 is 1.13 bits per heavy atom. The molecule has 0 saturated heterocycles. The van der Waals surface area contributed by atoms with Crippen LogP contribution in [-0.4, -0.2) is 30.2 Å². The number of hydrogen-bond donors (Lipinski definition) is 0. The van der Waals surface area contributed by atoms with Gasteiger partial charge in [-0.2, -0.15) is 0 Å². The second-order valence-corrected chi connectivity index (χ2v) is 4.80. The topological polar surface area (TPSA) is 37.4 Å². The Morgan fingerprint density at radius 2 is 1.67 bits per heavy atom. The molecule has 15 heavy (non-hydrogen) atoms. The van der Waals surface area contributed by atoms with E-state index in [9.17, 15) is 9.59 Å². The Labute approximate surface area is 92.8 Å². The van der Waals surface area contributed by atoms with Crippen LogP contribution in [-0.2, 0) is 9.59 Å². The number of carbonyl (C=O) groups excluding carboxylic acids is 2. The number of hydrogen-bond acceptors (Lipinski definition) is 2. The number of rotatable bonds is 6. The highest BCUT2D eigenvalue weighted by atomic mass is 16.2. The molecular formula is C12H23NO2. The smallest absolute Gasteiger partial charge is 0.229 e. The van der Waals surface area contributed by atoms with Crippen LogP contribution >= 0.6 is 0 Å². The van der Waals surface area contributed by atoms with Crippen LogP contribution in [0.5, 0.6) is 0 Å². The number of Topliss-reactive ketones (excluding diaryl/α,β-unsaturated/α-hetero) is 1. The number of nitrogens with zero attached hydrogens (tertiary/aromatic N) is 1. The molecule has 0 bridgehead atoms. The summed E-state index contributed by atoms with van der Waals surface area (Å²) in [6.45, 7) is 8.63. The third-order valence-corrected chi connectivity index (χ3v) is 2.44. The minimum absolute atomic E-state index is 0.0244. The van der Waals surface area contributed by atoms with E-state index in [1.807, 2.05) is 13.8 Å². The summed E-state index contributed by atoms with van der Waals surface area (Å²) in [5.41, 5.74) is 0. The fourth-order valence-corrected chi connectivity index (χ4v) is 1.06. The maximum absolute atomic E-state index is 11.6. The molecule has 3 heteroatoms. The second kappa shape index (κ2) is 6.59. The van der Waals surface area contributed by atoms with Gasteiger partial charge < -0.3 is 4.90 Å². The van der Waals surface area contributed by atoms with Gasteiger partial charge in [-0.15, -0.1) is 0 Å². The Bertz CT molecular complexity index is 222. The van der Waals surface area contributed by atoms with E-state index >= 15 is 0 Å². The molecule has 0 aliphatic heterocycles. The summed E-state index contributed by atoms with van der Waals surface area (Å²) in [5.74, 6) is 0.499. The number of ketones is 1. The van der Waals surface area contributed by atoms with Crippen LogP contribution in [0.2, 0.25) is 0 Å². The molecule has 0 spiro atoms. The third kappa shape index (κ3) is 6.26. The summed E-state index contributed by atoms with van der Waals surface area (Å²) < 4.78 is 0. The van der Waals surface area contributed by atoms with Gasteiger partial charge in [0, 0.05) is 19.5 Å². The molecule has 0 atom stereocenters. The van der Waals surface area contributed by atoms with Crippen molar-refractivity contribution < 1.29 is 9.59 Å². The maximum atomic E-state index is 11.6. The van der Waals surface area contributed by atoms with Crippen molar-refractivity contribution in [2.24, 2.45) is 11.8 Å². The monoisotopic (exact) mass is 213 g/mol. The van der Waals surface area contributed by atoms with Crippen molar-refractivity contribution in [2.45, 2.75) is 40.5 Å². The molecule has 0 aromatic heterocycles. The van der Waals surface area contributed by atoms with Gasteiger partial charge in [0.2, 0.25) is 5.91 Å². The molecule has 0 aliphatic rings. The Balaban J connectivity index is 3.94. The van der Waals surface area contributed by atoms with E-state index < -0.39 is 0 Å².